The molecule has 0 spiro atoms. The number of ether oxygens (including phenoxy) is 1. The molecule has 3 rings (SSSR count). The smallest absolute Gasteiger partial charge is 0.349 e. The van der Waals surface area contributed by atoms with E-state index in [4.69, 9.17) is 9.15 Å². The van der Waals surface area contributed by atoms with Gasteiger partial charge in [0.25, 0.3) is 5.91 Å². The van der Waals surface area contributed by atoms with Gasteiger partial charge in [-0.2, -0.15) is 0 Å². The van der Waals surface area contributed by atoms with Gasteiger partial charge in [-0.3, -0.25) is 15.6 Å². The van der Waals surface area contributed by atoms with Gasteiger partial charge in [0.2, 0.25) is 0 Å². The zero-order valence-corrected chi connectivity index (χ0v) is 13.0. The highest BCUT2D eigenvalue weighted by atomic mass is 16.5. The summed E-state index contributed by atoms with van der Waals surface area (Å²) in [7, 11) is 0. The van der Waals surface area contributed by atoms with Gasteiger partial charge in [-0.15, -0.1) is 0 Å². The van der Waals surface area contributed by atoms with Crippen LogP contribution in [0.25, 0.3) is 11.0 Å². The predicted molar refractivity (Wildman–Crippen MR) is 91.2 cm³/mol. The molecule has 0 saturated carbocycles. The van der Waals surface area contributed by atoms with Gasteiger partial charge in [-0.25, -0.2) is 4.79 Å². The molecule has 0 atom stereocenters. The number of hydrogen-bond acceptors (Lipinski definition) is 5. The van der Waals surface area contributed by atoms with E-state index in [-0.39, 0.29) is 5.56 Å². The Balaban J connectivity index is 1.83. The van der Waals surface area contributed by atoms with Crippen molar-refractivity contribution in [2.24, 2.45) is 0 Å². The number of nitrogens with one attached hydrogen (secondary N) is 2. The molecule has 0 aliphatic heterocycles. The third-order valence-corrected chi connectivity index (χ3v) is 3.36. The SMILES string of the molecule is CCOc1ccc2cc(C(=O)NNc3ccccc3)c(=O)oc2c1. The lowest BCUT2D eigenvalue weighted by atomic mass is 10.1. The third kappa shape index (κ3) is 3.38. The van der Waals surface area contributed by atoms with Crippen molar-refractivity contribution in [3.63, 3.8) is 0 Å². The Morgan fingerprint density at radius 1 is 1.12 bits per heavy atom. The van der Waals surface area contributed by atoms with Crippen molar-refractivity contribution in [3.05, 3.63) is 70.6 Å². The summed E-state index contributed by atoms with van der Waals surface area (Å²) in [5.41, 5.74) is 5.52. The summed E-state index contributed by atoms with van der Waals surface area (Å²) in [6, 6.07) is 15.7. The zero-order valence-electron chi connectivity index (χ0n) is 13.0. The Morgan fingerprint density at radius 2 is 1.92 bits per heavy atom. The van der Waals surface area contributed by atoms with Crippen LogP contribution in [-0.4, -0.2) is 12.5 Å². The van der Waals surface area contributed by atoms with Crippen molar-refractivity contribution in [2.45, 2.75) is 6.92 Å². The molecular formula is C18H16N2O4. The second-order valence-corrected chi connectivity index (χ2v) is 5.03. The molecule has 2 aromatic carbocycles. The first-order valence-corrected chi connectivity index (χ1v) is 7.49. The van der Waals surface area contributed by atoms with E-state index in [1.807, 2.05) is 25.1 Å². The van der Waals surface area contributed by atoms with Crippen LogP contribution < -0.4 is 21.2 Å². The second kappa shape index (κ2) is 6.87. The summed E-state index contributed by atoms with van der Waals surface area (Å²) in [4.78, 5) is 24.3. The van der Waals surface area contributed by atoms with Gasteiger partial charge in [-0.05, 0) is 37.3 Å². The summed E-state index contributed by atoms with van der Waals surface area (Å²) < 4.78 is 10.6. The summed E-state index contributed by atoms with van der Waals surface area (Å²) in [5, 5.41) is 0.642. The number of carbonyl (C=O) groups is 1. The van der Waals surface area contributed by atoms with E-state index in [1.165, 1.54) is 6.07 Å². The van der Waals surface area contributed by atoms with Crippen LogP contribution in [0.3, 0.4) is 0 Å². The molecule has 6 heteroatoms. The van der Waals surface area contributed by atoms with Gasteiger partial charge >= 0.3 is 5.63 Å². The number of para-hydroxylation sites is 1. The van der Waals surface area contributed by atoms with E-state index in [9.17, 15) is 9.59 Å². The monoisotopic (exact) mass is 324 g/mol. The molecule has 0 aliphatic carbocycles. The summed E-state index contributed by atoms with van der Waals surface area (Å²) in [6.07, 6.45) is 0. The lowest BCUT2D eigenvalue weighted by molar-refractivity contribution is 0.0959. The molecule has 0 fully saturated rings. The lowest BCUT2D eigenvalue weighted by Gasteiger charge is -2.08. The van der Waals surface area contributed by atoms with Crippen molar-refractivity contribution < 1.29 is 13.9 Å². The van der Waals surface area contributed by atoms with Crippen molar-refractivity contribution in [1.82, 2.24) is 5.43 Å². The minimum atomic E-state index is -0.705. The number of hydrazine groups is 1. The van der Waals surface area contributed by atoms with E-state index in [0.717, 1.165) is 0 Å². The van der Waals surface area contributed by atoms with Crippen molar-refractivity contribution in [2.75, 3.05) is 12.0 Å². The molecule has 0 unspecified atom stereocenters. The number of hydrogen-bond donors (Lipinski definition) is 2. The van der Waals surface area contributed by atoms with Crippen molar-refractivity contribution >= 4 is 22.6 Å². The Bertz CT molecular complexity index is 919. The normalized spacial score (nSPS) is 10.4. The molecule has 122 valence electrons. The minimum Gasteiger partial charge on any atom is -0.494 e. The lowest BCUT2D eigenvalue weighted by Crippen LogP contribution is -2.32. The summed E-state index contributed by atoms with van der Waals surface area (Å²) in [6.45, 7) is 2.38. The maximum atomic E-state index is 12.2. The maximum Gasteiger partial charge on any atom is 0.349 e. The molecule has 1 amide bonds. The first-order valence-electron chi connectivity index (χ1n) is 7.49. The number of anilines is 1. The molecule has 24 heavy (non-hydrogen) atoms. The standard InChI is InChI=1S/C18H16N2O4/c1-2-23-14-9-8-12-10-15(18(22)24-16(12)11-14)17(21)20-19-13-6-4-3-5-7-13/h3-11,19H,2H2,1H3,(H,20,21). The van der Waals surface area contributed by atoms with E-state index < -0.39 is 11.5 Å². The average Bonchev–Trinajstić information content (AvgIpc) is 2.60. The Kier molecular flexibility index (Phi) is 4.47. The zero-order chi connectivity index (χ0) is 16.9. The molecule has 0 radical (unpaired) electrons. The predicted octanol–water partition coefficient (Wildman–Crippen LogP) is 2.95. The molecule has 0 bridgehead atoms. The Morgan fingerprint density at radius 3 is 2.67 bits per heavy atom. The number of rotatable bonds is 5. The topological polar surface area (TPSA) is 80.6 Å². The van der Waals surface area contributed by atoms with Crippen molar-refractivity contribution in [3.8, 4) is 5.75 Å². The Labute approximate surface area is 138 Å². The molecule has 1 aromatic heterocycles. The molecule has 3 aromatic rings. The van der Waals surface area contributed by atoms with Gasteiger partial charge in [0.15, 0.2) is 0 Å². The largest absolute Gasteiger partial charge is 0.494 e. The van der Waals surface area contributed by atoms with Gasteiger partial charge in [0.05, 0.1) is 12.3 Å². The minimum absolute atomic E-state index is 0.0740. The average molecular weight is 324 g/mol. The van der Waals surface area contributed by atoms with E-state index in [1.54, 1.807) is 30.3 Å². The van der Waals surface area contributed by atoms with Crippen LogP contribution in [0.1, 0.15) is 17.3 Å². The fourth-order valence-corrected chi connectivity index (χ4v) is 2.22. The highest BCUT2D eigenvalue weighted by Crippen LogP contribution is 2.20. The third-order valence-electron chi connectivity index (χ3n) is 3.36. The molecule has 6 nitrogen and oxygen atoms in total. The van der Waals surface area contributed by atoms with Crippen LogP contribution in [0, 0.1) is 0 Å². The molecular weight excluding hydrogens is 308 g/mol. The van der Waals surface area contributed by atoms with E-state index >= 15 is 0 Å². The van der Waals surface area contributed by atoms with Gasteiger partial charge in [0, 0.05) is 11.5 Å². The van der Waals surface area contributed by atoms with Gasteiger partial charge < -0.3 is 9.15 Å². The van der Waals surface area contributed by atoms with Crippen LogP contribution in [0.4, 0.5) is 5.69 Å². The quantitative estimate of drug-likeness (QED) is 0.557. The second-order valence-electron chi connectivity index (χ2n) is 5.03. The molecule has 0 aliphatic rings. The molecule has 0 saturated heterocycles. The van der Waals surface area contributed by atoms with E-state index in [0.29, 0.717) is 29.0 Å². The van der Waals surface area contributed by atoms with Crippen LogP contribution in [0.5, 0.6) is 5.75 Å². The molecule has 1 heterocycles. The first kappa shape index (κ1) is 15.6. The molecule has 2 N–H and O–H groups in total. The fourth-order valence-electron chi connectivity index (χ4n) is 2.22. The fraction of sp³-hybridized carbons (Fsp3) is 0.111. The van der Waals surface area contributed by atoms with E-state index in [2.05, 4.69) is 10.9 Å². The highest BCUT2D eigenvalue weighted by Gasteiger charge is 2.14. The summed E-state index contributed by atoms with van der Waals surface area (Å²) >= 11 is 0. The summed E-state index contributed by atoms with van der Waals surface area (Å²) in [5.74, 6) is 0.0412. The number of amides is 1. The number of carbonyl (C=O) groups excluding carboxylic acids is 1. The van der Waals surface area contributed by atoms with Crippen LogP contribution >= 0.6 is 0 Å². The van der Waals surface area contributed by atoms with Crippen molar-refractivity contribution in [1.29, 1.82) is 0 Å². The highest BCUT2D eigenvalue weighted by molar-refractivity contribution is 5.97. The number of fused-ring (bicyclic) bond motifs is 1. The Hall–Kier alpha value is -3.28. The van der Waals surface area contributed by atoms with Crippen LogP contribution in [-0.2, 0) is 0 Å². The van der Waals surface area contributed by atoms with Gasteiger partial charge in [-0.1, -0.05) is 18.2 Å². The number of benzene rings is 2. The maximum absolute atomic E-state index is 12.2. The van der Waals surface area contributed by atoms with Gasteiger partial charge in [0.1, 0.15) is 16.9 Å². The van der Waals surface area contributed by atoms with Crippen LogP contribution in [0.15, 0.2) is 63.8 Å². The first-order chi connectivity index (χ1) is 11.7. The van der Waals surface area contributed by atoms with Crippen LogP contribution in [0.2, 0.25) is 0 Å².